The van der Waals surface area contributed by atoms with E-state index in [1.807, 2.05) is 6.07 Å². The van der Waals surface area contributed by atoms with Crippen molar-refractivity contribution >= 4 is 74.7 Å². The van der Waals surface area contributed by atoms with Gasteiger partial charge >= 0.3 is 112 Å². The van der Waals surface area contributed by atoms with Gasteiger partial charge in [-0.3, -0.25) is 0 Å². The van der Waals surface area contributed by atoms with Crippen LogP contribution >= 0.6 is 31.9 Å². The third-order valence-corrected chi connectivity index (χ3v) is 5.50. The molecule has 1 heterocycles. The fraction of sp³-hybridized carbons (Fsp3) is 0. The van der Waals surface area contributed by atoms with Gasteiger partial charge in [-0.2, -0.15) is 0 Å². The van der Waals surface area contributed by atoms with Crippen LogP contribution in [0.1, 0.15) is 0 Å². The van der Waals surface area contributed by atoms with Gasteiger partial charge in [0.05, 0.1) is 0 Å². The molecule has 0 N–H and O–H groups in total. The van der Waals surface area contributed by atoms with E-state index in [1.165, 1.54) is 0 Å². The summed E-state index contributed by atoms with van der Waals surface area (Å²) < 4.78 is 3.12. The van der Waals surface area contributed by atoms with Gasteiger partial charge in [-0.1, -0.05) is 0 Å². The van der Waals surface area contributed by atoms with Gasteiger partial charge < -0.3 is 0 Å². The van der Waals surface area contributed by atoms with Crippen molar-refractivity contribution in [2.45, 2.75) is 0 Å². The van der Waals surface area contributed by atoms with Gasteiger partial charge in [0, 0.05) is 0 Å². The maximum atomic E-state index is 4.25. The normalized spacial score (nSPS) is 10.8. The van der Waals surface area contributed by atoms with E-state index in [0.29, 0.717) is 0 Å². The van der Waals surface area contributed by atoms with Crippen LogP contribution in [0.25, 0.3) is 10.9 Å². The third-order valence-electron chi connectivity index (χ3n) is 1.70. The van der Waals surface area contributed by atoms with Crippen molar-refractivity contribution in [3.8, 4) is 0 Å². The standard InChI is InChI=1S/C8H3Br2N2Se2/c9-4-1-5-7(6(10)2-4)11-3-12-8(5)14-13/h1-3H. The Morgan fingerprint density at radius 2 is 2.00 bits per heavy atom. The Kier molecular flexibility index (Phi) is 3.63. The number of fused-ring (bicyclic) bond motifs is 1. The molecule has 6 heteroatoms. The van der Waals surface area contributed by atoms with Gasteiger partial charge in [-0.05, 0) is 0 Å². The molecule has 0 aliphatic carbocycles. The number of rotatable bonds is 1. The van der Waals surface area contributed by atoms with E-state index >= 15 is 0 Å². The summed E-state index contributed by atoms with van der Waals surface area (Å²) in [5, 5.41) is 1.10. The van der Waals surface area contributed by atoms with E-state index in [2.05, 4.69) is 62.1 Å². The summed E-state index contributed by atoms with van der Waals surface area (Å²) in [4.78, 5) is 8.50. The predicted molar refractivity (Wildman–Crippen MR) is 66.1 cm³/mol. The third kappa shape index (κ3) is 2.06. The van der Waals surface area contributed by atoms with E-state index in [-0.39, 0.29) is 13.1 Å². The average Bonchev–Trinajstić information content (AvgIpc) is 2.17. The Hall–Kier alpha value is 0.559. The first kappa shape index (κ1) is 11.1. The van der Waals surface area contributed by atoms with Crippen LogP contribution in [0.15, 0.2) is 27.4 Å². The van der Waals surface area contributed by atoms with Crippen LogP contribution in [0.2, 0.25) is 0 Å². The second-order valence-corrected chi connectivity index (χ2v) is 7.29. The fourth-order valence-corrected chi connectivity index (χ4v) is 4.61. The van der Waals surface area contributed by atoms with E-state index in [0.717, 1.165) is 24.4 Å². The molecule has 0 saturated heterocycles. The zero-order valence-electron chi connectivity index (χ0n) is 6.70. The van der Waals surface area contributed by atoms with Crippen molar-refractivity contribution in [2.24, 2.45) is 0 Å². The van der Waals surface area contributed by atoms with Gasteiger partial charge in [0.25, 0.3) is 0 Å². The predicted octanol–water partition coefficient (Wildman–Crippen LogP) is 1.57. The summed E-state index contributed by atoms with van der Waals surface area (Å²) in [6, 6.07) is 4.04. The second kappa shape index (κ2) is 4.60. The van der Waals surface area contributed by atoms with Crippen molar-refractivity contribution in [3.63, 3.8) is 0 Å². The Bertz CT molecular complexity index is 490. The van der Waals surface area contributed by atoms with Crippen LogP contribution in [0.5, 0.6) is 0 Å². The fourth-order valence-electron chi connectivity index (χ4n) is 1.14. The molecule has 14 heavy (non-hydrogen) atoms. The molecule has 0 atom stereocenters. The quantitative estimate of drug-likeness (QED) is 0.624. The molecule has 0 aliphatic heterocycles. The summed E-state index contributed by atoms with van der Waals surface area (Å²) in [6.07, 6.45) is 1.61. The molecule has 1 aromatic carbocycles. The first-order valence-electron chi connectivity index (χ1n) is 3.62. The van der Waals surface area contributed by atoms with Crippen LogP contribution in [0.4, 0.5) is 0 Å². The zero-order chi connectivity index (χ0) is 10.1. The molecule has 2 aromatic rings. The van der Waals surface area contributed by atoms with E-state index in [9.17, 15) is 0 Å². The van der Waals surface area contributed by atoms with Gasteiger partial charge in [-0.15, -0.1) is 0 Å². The molecular weight excluding hydrogens is 442 g/mol. The van der Waals surface area contributed by atoms with E-state index in [1.54, 1.807) is 6.33 Å². The van der Waals surface area contributed by atoms with Crippen LogP contribution in [-0.2, 0) is 0 Å². The summed E-state index contributed by atoms with van der Waals surface area (Å²) >= 11 is 10.2. The molecule has 0 unspecified atom stereocenters. The number of aromatic nitrogens is 2. The van der Waals surface area contributed by atoms with Gasteiger partial charge in [0.2, 0.25) is 0 Å². The molecule has 0 amide bonds. The Balaban J connectivity index is 2.86. The number of nitrogens with zero attached hydrogens (tertiary/aromatic N) is 2. The SMILES string of the molecule is [Se][Se]c1ncnc2c(Br)cc(Br)cc12. The van der Waals surface area contributed by atoms with E-state index < -0.39 is 0 Å². The molecule has 2 nitrogen and oxygen atoms in total. The van der Waals surface area contributed by atoms with Crippen LogP contribution in [0, 0.1) is 0 Å². The second-order valence-electron chi connectivity index (χ2n) is 2.55. The molecule has 1 aromatic heterocycles. The van der Waals surface area contributed by atoms with Crippen LogP contribution in [0.3, 0.4) is 0 Å². The van der Waals surface area contributed by atoms with E-state index in [4.69, 9.17) is 0 Å². The van der Waals surface area contributed by atoms with Gasteiger partial charge in [0.1, 0.15) is 0 Å². The monoisotopic (exact) mass is 445 g/mol. The molecule has 0 aliphatic rings. The van der Waals surface area contributed by atoms with Crippen molar-refractivity contribution < 1.29 is 0 Å². The first-order valence-corrected chi connectivity index (χ1v) is 10.4. The number of hydrogen-bond acceptors (Lipinski definition) is 2. The molecule has 1 radical (unpaired) electrons. The minimum atomic E-state index is 0.265. The van der Waals surface area contributed by atoms with Gasteiger partial charge in [-0.25, -0.2) is 0 Å². The molecule has 0 bridgehead atoms. The summed E-state index contributed by atoms with van der Waals surface area (Å²) in [6.45, 7) is 0. The Labute approximate surface area is 111 Å². The number of hydrogen-bond donors (Lipinski definition) is 0. The van der Waals surface area contributed by atoms with Crippen molar-refractivity contribution in [3.05, 3.63) is 27.4 Å². The molecule has 2 rings (SSSR count). The number of benzene rings is 1. The van der Waals surface area contributed by atoms with Crippen LogP contribution in [-0.4, -0.2) is 37.3 Å². The summed E-state index contributed by atoms with van der Waals surface area (Å²) in [7, 11) is 0. The summed E-state index contributed by atoms with van der Waals surface area (Å²) in [5.41, 5.74) is 0.968. The maximum absolute atomic E-state index is 4.25. The number of halogens is 2. The zero-order valence-corrected chi connectivity index (χ0v) is 13.3. The summed E-state index contributed by atoms with van der Waals surface area (Å²) in [5.74, 6) is 0. The molecular formula is C8H3Br2N2Se2. The van der Waals surface area contributed by atoms with Crippen molar-refractivity contribution in [2.75, 3.05) is 0 Å². The molecule has 0 spiro atoms. The van der Waals surface area contributed by atoms with Crippen molar-refractivity contribution in [1.29, 1.82) is 0 Å². The van der Waals surface area contributed by atoms with Crippen molar-refractivity contribution in [1.82, 2.24) is 9.97 Å². The topological polar surface area (TPSA) is 25.8 Å². The average molecular weight is 445 g/mol. The molecule has 71 valence electrons. The Morgan fingerprint density at radius 3 is 2.71 bits per heavy atom. The molecule has 0 fully saturated rings. The van der Waals surface area contributed by atoms with Crippen LogP contribution < -0.4 is 4.59 Å². The first-order chi connectivity index (χ1) is 6.72. The Morgan fingerprint density at radius 1 is 1.21 bits per heavy atom. The van der Waals surface area contributed by atoms with Gasteiger partial charge in [0.15, 0.2) is 0 Å². The minimum absolute atomic E-state index is 0.265. The molecule has 0 saturated carbocycles.